The van der Waals surface area contributed by atoms with Crippen molar-refractivity contribution in [3.05, 3.63) is 34.6 Å². The SMILES string of the molecule is Fc1cccc(Cl)c1CNCC1CCOC1. The summed E-state index contributed by atoms with van der Waals surface area (Å²) in [4.78, 5) is 0. The zero-order valence-corrected chi connectivity index (χ0v) is 9.77. The first kappa shape index (κ1) is 11.8. The van der Waals surface area contributed by atoms with Crippen LogP contribution in [-0.2, 0) is 11.3 Å². The monoisotopic (exact) mass is 243 g/mol. The van der Waals surface area contributed by atoms with E-state index in [-0.39, 0.29) is 5.82 Å². The van der Waals surface area contributed by atoms with Crippen LogP contribution in [0.2, 0.25) is 5.02 Å². The molecule has 1 atom stereocenters. The Balaban J connectivity index is 1.84. The lowest BCUT2D eigenvalue weighted by atomic mass is 10.1. The fourth-order valence-corrected chi connectivity index (χ4v) is 2.08. The summed E-state index contributed by atoms with van der Waals surface area (Å²) < 4.78 is 18.7. The predicted molar refractivity (Wildman–Crippen MR) is 62.0 cm³/mol. The van der Waals surface area contributed by atoms with Crippen molar-refractivity contribution in [2.45, 2.75) is 13.0 Å². The van der Waals surface area contributed by atoms with Crippen molar-refractivity contribution in [1.29, 1.82) is 0 Å². The molecule has 1 heterocycles. The van der Waals surface area contributed by atoms with Gasteiger partial charge in [-0.3, -0.25) is 0 Å². The maximum Gasteiger partial charge on any atom is 0.129 e. The second-order valence-corrected chi connectivity index (χ2v) is 4.47. The quantitative estimate of drug-likeness (QED) is 0.878. The minimum atomic E-state index is -0.248. The third-order valence-electron chi connectivity index (χ3n) is 2.82. The Morgan fingerprint density at radius 1 is 1.50 bits per heavy atom. The Morgan fingerprint density at radius 2 is 2.38 bits per heavy atom. The third kappa shape index (κ3) is 2.94. The standard InChI is InChI=1S/C12H15ClFNO/c13-11-2-1-3-12(14)10(11)7-15-6-9-4-5-16-8-9/h1-3,9,15H,4-8H2. The average Bonchev–Trinajstić information content (AvgIpc) is 2.75. The van der Waals surface area contributed by atoms with Crippen LogP contribution in [0.5, 0.6) is 0 Å². The van der Waals surface area contributed by atoms with E-state index in [0.29, 0.717) is 23.0 Å². The highest BCUT2D eigenvalue weighted by atomic mass is 35.5. The molecule has 1 unspecified atom stereocenters. The van der Waals surface area contributed by atoms with Gasteiger partial charge in [0.25, 0.3) is 0 Å². The normalized spacial score (nSPS) is 20.2. The Hall–Kier alpha value is -0.640. The third-order valence-corrected chi connectivity index (χ3v) is 3.17. The van der Waals surface area contributed by atoms with E-state index in [9.17, 15) is 4.39 Å². The van der Waals surface area contributed by atoms with Gasteiger partial charge in [-0.1, -0.05) is 17.7 Å². The van der Waals surface area contributed by atoms with E-state index in [0.717, 1.165) is 26.2 Å². The molecule has 0 bridgehead atoms. The summed E-state index contributed by atoms with van der Waals surface area (Å²) in [6.07, 6.45) is 1.08. The van der Waals surface area contributed by atoms with Gasteiger partial charge in [-0.2, -0.15) is 0 Å². The number of benzene rings is 1. The van der Waals surface area contributed by atoms with Crippen LogP contribution in [0.25, 0.3) is 0 Å². The first-order valence-electron chi connectivity index (χ1n) is 5.48. The molecule has 1 aromatic carbocycles. The first-order chi connectivity index (χ1) is 7.77. The van der Waals surface area contributed by atoms with Gasteiger partial charge in [-0.25, -0.2) is 4.39 Å². The molecule has 1 aromatic rings. The van der Waals surface area contributed by atoms with Crippen molar-refractivity contribution >= 4 is 11.6 Å². The number of hydrogen-bond donors (Lipinski definition) is 1. The summed E-state index contributed by atoms with van der Waals surface area (Å²) >= 11 is 5.92. The molecule has 4 heteroatoms. The van der Waals surface area contributed by atoms with E-state index >= 15 is 0 Å². The molecule has 88 valence electrons. The molecule has 0 aromatic heterocycles. The molecule has 0 aliphatic carbocycles. The van der Waals surface area contributed by atoms with Crippen molar-refractivity contribution in [2.75, 3.05) is 19.8 Å². The lowest BCUT2D eigenvalue weighted by Gasteiger charge is -2.10. The highest BCUT2D eigenvalue weighted by molar-refractivity contribution is 6.31. The molecule has 16 heavy (non-hydrogen) atoms. The van der Waals surface area contributed by atoms with Gasteiger partial charge >= 0.3 is 0 Å². The minimum Gasteiger partial charge on any atom is -0.381 e. The zero-order chi connectivity index (χ0) is 11.4. The highest BCUT2D eigenvalue weighted by Gasteiger charge is 2.15. The topological polar surface area (TPSA) is 21.3 Å². The largest absolute Gasteiger partial charge is 0.381 e. The molecule has 2 rings (SSSR count). The maximum atomic E-state index is 13.4. The summed E-state index contributed by atoms with van der Waals surface area (Å²) in [5.41, 5.74) is 0.545. The number of halogens is 2. The van der Waals surface area contributed by atoms with Crippen molar-refractivity contribution in [3.63, 3.8) is 0 Å². The zero-order valence-electron chi connectivity index (χ0n) is 9.01. The van der Waals surface area contributed by atoms with Crippen molar-refractivity contribution in [1.82, 2.24) is 5.32 Å². The van der Waals surface area contributed by atoms with Crippen LogP contribution in [0.4, 0.5) is 4.39 Å². The van der Waals surface area contributed by atoms with Gasteiger partial charge in [0, 0.05) is 30.3 Å². The summed E-state index contributed by atoms with van der Waals surface area (Å²) in [6.45, 7) is 2.97. The number of rotatable bonds is 4. The molecule has 0 spiro atoms. The Kier molecular flexibility index (Phi) is 4.16. The molecule has 0 amide bonds. The van der Waals surface area contributed by atoms with Gasteiger partial charge in [0.1, 0.15) is 5.82 Å². The van der Waals surface area contributed by atoms with Crippen LogP contribution >= 0.6 is 11.6 Å². The Labute approximate surface area is 99.7 Å². The van der Waals surface area contributed by atoms with Crippen molar-refractivity contribution in [3.8, 4) is 0 Å². The molecule has 2 nitrogen and oxygen atoms in total. The number of nitrogens with one attached hydrogen (secondary N) is 1. The molecule has 1 fully saturated rings. The summed E-state index contributed by atoms with van der Waals surface area (Å²) in [5.74, 6) is 0.299. The van der Waals surface area contributed by atoms with Crippen LogP contribution in [0.15, 0.2) is 18.2 Å². The van der Waals surface area contributed by atoms with Crippen molar-refractivity contribution < 1.29 is 9.13 Å². The molecular weight excluding hydrogens is 229 g/mol. The second-order valence-electron chi connectivity index (χ2n) is 4.06. The second kappa shape index (κ2) is 5.62. The van der Waals surface area contributed by atoms with Crippen LogP contribution in [0.3, 0.4) is 0 Å². The molecule has 1 aliphatic heterocycles. The predicted octanol–water partition coefficient (Wildman–Crippen LogP) is 2.61. The smallest absolute Gasteiger partial charge is 0.129 e. The minimum absolute atomic E-state index is 0.248. The van der Waals surface area contributed by atoms with E-state index in [1.807, 2.05) is 0 Å². The van der Waals surface area contributed by atoms with Crippen molar-refractivity contribution in [2.24, 2.45) is 5.92 Å². The molecule has 1 aliphatic rings. The van der Waals surface area contributed by atoms with Crippen LogP contribution in [0, 0.1) is 11.7 Å². The van der Waals surface area contributed by atoms with Gasteiger partial charge in [-0.05, 0) is 24.5 Å². The molecular formula is C12H15ClFNO. The summed E-state index contributed by atoms with van der Waals surface area (Å²) in [6, 6.07) is 4.76. The van der Waals surface area contributed by atoms with Gasteiger partial charge in [0.2, 0.25) is 0 Å². The van der Waals surface area contributed by atoms with Gasteiger partial charge in [0.05, 0.1) is 6.61 Å². The average molecular weight is 244 g/mol. The molecule has 1 N–H and O–H groups in total. The highest BCUT2D eigenvalue weighted by Crippen LogP contribution is 2.19. The van der Waals surface area contributed by atoms with Gasteiger partial charge in [-0.15, -0.1) is 0 Å². The van der Waals surface area contributed by atoms with E-state index in [1.54, 1.807) is 12.1 Å². The maximum absolute atomic E-state index is 13.4. The fourth-order valence-electron chi connectivity index (χ4n) is 1.85. The molecule has 1 saturated heterocycles. The Morgan fingerprint density at radius 3 is 3.06 bits per heavy atom. The van der Waals surface area contributed by atoms with Gasteiger partial charge in [0.15, 0.2) is 0 Å². The van der Waals surface area contributed by atoms with Crippen LogP contribution in [-0.4, -0.2) is 19.8 Å². The lowest BCUT2D eigenvalue weighted by molar-refractivity contribution is 0.185. The molecule has 0 radical (unpaired) electrons. The van der Waals surface area contributed by atoms with E-state index in [4.69, 9.17) is 16.3 Å². The number of hydrogen-bond acceptors (Lipinski definition) is 2. The molecule has 0 saturated carbocycles. The van der Waals surface area contributed by atoms with Crippen LogP contribution < -0.4 is 5.32 Å². The Bertz CT molecular complexity index is 333. The van der Waals surface area contributed by atoms with E-state index in [1.165, 1.54) is 6.07 Å². The summed E-state index contributed by atoms with van der Waals surface area (Å²) in [7, 11) is 0. The van der Waals surface area contributed by atoms with Gasteiger partial charge < -0.3 is 10.1 Å². The number of ether oxygens (including phenoxy) is 1. The van der Waals surface area contributed by atoms with E-state index in [2.05, 4.69) is 5.32 Å². The lowest BCUT2D eigenvalue weighted by Crippen LogP contribution is -2.23. The fraction of sp³-hybridized carbons (Fsp3) is 0.500. The first-order valence-corrected chi connectivity index (χ1v) is 5.86. The van der Waals surface area contributed by atoms with E-state index < -0.39 is 0 Å². The van der Waals surface area contributed by atoms with Crippen LogP contribution in [0.1, 0.15) is 12.0 Å². The summed E-state index contributed by atoms with van der Waals surface area (Å²) in [5, 5.41) is 3.70.